The van der Waals surface area contributed by atoms with E-state index in [4.69, 9.17) is 0 Å². The summed E-state index contributed by atoms with van der Waals surface area (Å²) in [7, 11) is -3.68. The van der Waals surface area contributed by atoms with Crippen molar-refractivity contribution in [3.8, 4) is 0 Å². The Hall–Kier alpha value is -1.70. The first-order valence-corrected chi connectivity index (χ1v) is 9.78. The maximum atomic E-state index is 12.6. The maximum absolute atomic E-state index is 12.6. The molecule has 24 heavy (non-hydrogen) atoms. The molecule has 2 atom stereocenters. The quantitative estimate of drug-likeness (QED) is 0.811. The summed E-state index contributed by atoms with van der Waals surface area (Å²) in [5.41, 5.74) is 2.25. The number of sulfonamides is 1. The van der Waals surface area contributed by atoms with E-state index in [9.17, 15) is 13.2 Å². The van der Waals surface area contributed by atoms with Gasteiger partial charge >= 0.3 is 0 Å². The molecule has 0 unspecified atom stereocenters. The van der Waals surface area contributed by atoms with Crippen molar-refractivity contribution in [2.45, 2.75) is 30.7 Å². The molecule has 5 nitrogen and oxygen atoms in total. The van der Waals surface area contributed by atoms with Crippen LogP contribution >= 0.6 is 15.9 Å². The van der Waals surface area contributed by atoms with Gasteiger partial charge in [0.1, 0.15) is 0 Å². The van der Waals surface area contributed by atoms with E-state index in [0.29, 0.717) is 11.3 Å². The molecule has 3 rings (SSSR count). The number of fused-ring (bicyclic) bond motifs is 1. The van der Waals surface area contributed by atoms with Crippen molar-refractivity contribution in [2.24, 2.45) is 0 Å². The van der Waals surface area contributed by atoms with Crippen LogP contribution in [0, 0.1) is 0 Å². The molecule has 0 aliphatic carbocycles. The van der Waals surface area contributed by atoms with E-state index >= 15 is 0 Å². The molecule has 1 aliphatic rings. The van der Waals surface area contributed by atoms with Gasteiger partial charge in [-0.25, -0.2) is 13.1 Å². The molecule has 1 amide bonds. The summed E-state index contributed by atoms with van der Waals surface area (Å²) < 4.78 is 28.9. The third-order valence-electron chi connectivity index (χ3n) is 4.15. The molecule has 0 bridgehead atoms. The second-order valence-electron chi connectivity index (χ2n) is 5.85. The number of rotatable bonds is 4. The smallest absolute Gasteiger partial charge is 0.241 e. The summed E-state index contributed by atoms with van der Waals surface area (Å²) in [5, 5.41) is 2.74. The average molecular weight is 409 g/mol. The molecule has 1 aliphatic heterocycles. The molecule has 2 N–H and O–H groups in total. The normalized spacial score (nSPS) is 18.1. The molecule has 2 aromatic rings. The Kier molecular flexibility index (Phi) is 4.50. The van der Waals surface area contributed by atoms with Crippen LogP contribution in [0.4, 0.5) is 5.69 Å². The van der Waals surface area contributed by atoms with Gasteiger partial charge in [0, 0.05) is 16.2 Å². The summed E-state index contributed by atoms with van der Waals surface area (Å²) >= 11 is 3.36. The van der Waals surface area contributed by atoms with Crippen LogP contribution < -0.4 is 10.0 Å². The van der Waals surface area contributed by atoms with Gasteiger partial charge in [0.15, 0.2) is 0 Å². The number of benzene rings is 2. The van der Waals surface area contributed by atoms with Gasteiger partial charge in [-0.2, -0.15) is 0 Å². The SMILES string of the molecule is C[C@H](NS(=O)(=O)c1ccc2c(c1)[C@@H](C)C(=O)N2)c1ccc(Br)cc1. The zero-order chi connectivity index (χ0) is 17.5. The summed E-state index contributed by atoms with van der Waals surface area (Å²) in [4.78, 5) is 11.9. The minimum absolute atomic E-state index is 0.115. The minimum Gasteiger partial charge on any atom is -0.325 e. The second kappa shape index (κ2) is 6.31. The highest BCUT2D eigenvalue weighted by Gasteiger charge is 2.28. The third kappa shape index (κ3) is 3.24. The topological polar surface area (TPSA) is 75.3 Å². The van der Waals surface area contributed by atoms with E-state index in [1.165, 1.54) is 6.07 Å². The maximum Gasteiger partial charge on any atom is 0.241 e. The molecular formula is C17H17BrN2O3S. The standard InChI is InChI=1S/C17H17BrN2O3S/c1-10-15-9-14(7-8-16(15)19-17(10)21)24(22,23)20-11(2)12-3-5-13(18)6-4-12/h3-11,20H,1-2H3,(H,19,21)/t10-,11+/m1/s1. The van der Waals surface area contributed by atoms with Gasteiger partial charge in [-0.15, -0.1) is 0 Å². The molecule has 0 saturated heterocycles. The first kappa shape index (κ1) is 17.1. The van der Waals surface area contributed by atoms with Crippen LogP contribution in [0.25, 0.3) is 0 Å². The molecule has 0 aromatic heterocycles. The Morgan fingerprint density at radius 2 is 1.83 bits per heavy atom. The number of hydrogen-bond donors (Lipinski definition) is 2. The lowest BCUT2D eigenvalue weighted by atomic mass is 10.0. The van der Waals surface area contributed by atoms with E-state index < -0.39 is 10.0 Å². The molecule has 0 fully saturated rings. The number of amides is 1. The van der Waals surface area contributed by atoms with Gasteiger partial charge in [-0.1, -0.05) is 28.1 Å². The first-order chi connectivity index (χ1) is 11.3. The highest BCUT2D eigenvalue weighted by Crippen LogP contribution is 2.34. The van der Waals surface area contributed by atoms with Crippen molar-refractivity contribution < 1.29 is 13.2 Å². The number of carbonyl (C=O) groups is 1. The van der Waals surface area contributed by atoms with E-state index in [-0.39, 0.29) is 22.8 Å². The molecule has 7 heteroatoms. The lowest BCUT2D eigenvalue weighted by Crippen LogP contribution is -2.27. The number of halogens is 1. The molecule has 0 saturated carbocycles. The molecule has 1 heterocycles. The van der Waals surface area contributed by atoms with Crippen molar-refractivity contribution >= 4 is 37.5 Å². The van der Waals surface area contributed by atoms with E-state index in [1.807, 2.05) is 24.3 Å². The van der Waals surface area contributed by atoms with E-state index in [0.717, 1.165) is 10.0 Å². The predicted octanol–water partition coefficient (Wildman–Crippen LogP) is 3.54. The van der Waals surface area contributed by atoms with Crippen molar-refractivity contribution in [3.05, 3.63) is 58.1 Å². The fraction of sp³-hybridized carbons (Fsp3) is 0.235. The molecule has 0 radical (unpaired) electrons. The van der Waals surface area contributed by atoms with Gasteiger partial charge in [-0.3, -0.25) is 4.79 Å². The van der Waals surface area contributed by atoms with Crippen molar-refractivity contribution in [3.63, 3.8) is 0 Å². The lowest BCUT2D eigenvalue weighted by Gasteiger charge is -2.15. The average Bonchev–Trinajstić information content (AvgIpc) is 2.82. The Labute approximate surface area is 149 Å². The zero-order valence-corrected chi connectivity index (χ0v) is 15.6. The highest BCUT2D eigenvalue weighted by atomic mass is 79.9. The minimum atomic E-state index is -3.68. The van der Waals surface area contributed by atoms with Crippen LogP contribution in [0.15, 0.2) is 51.8 Å². The summed E-state index contributed by atoms with van der Waals surface area (Å²) in [6.45, 7) is 3.55. The number of anilines is 1. The van der Waals surface area contributed by atoms with Crippen molar-refractivity contribution in [1.29, 1.82) is 0 Å². The second-order valence-corrected chi connectivity index (χ2v) is 8.48. The van der Waals surface area contributed by atoms with E-state index in [2.05, 4.69) is 26.0 Å². The number of hydrogen-bond acceptors (Lipinski definition) is 3. The summed E-state index contributed by atoms with van der Waals surface area (Å²) in [6, 6.07) is 11.8. The predicted molar refractivity (Wildman–Crippen MR) is 96.4 cm³/mol. The third-order valence-corrected chi connectivity index (χ3v) is 6.22. The van der Waals surface area contributed by atoms with Crippen molar-refractivity contribution in [1.82, 2.24) is 4.72 Å². The molecular weight excluding hydrogens is 392 g/mol. The van der Waals surface area contributed by atoms with Crippen molar-refractivity contribution in [2.75, 3.05) is 5.32 Å². The first-order valence-electron chi connectivity index (χ1n) is 7.50. The van der Waals surface area contributed by atoms with Crippen LogP contribution in [-0.2, 0) is 14.8 Å². The van der Waals surface area contributed by atoms with Gasteiger partial charge in [0.25, 0.3) is 0 Å². The summed E-state index contributed by atoms with van der Waals surface area (Å²) in [5.74, 6) is -0.463. The summed E-state index contributed by atoms with van der Waals surface area (Å²) in [6.07, 6.45) is 0. The van der Waals surface area contributed by atoms with Crippen LogP contribution in [-0.4, -0.2) is 14.3 Å². The van der Waals surface area contributed by atoms with Gasteiger partial charge in [0.2, 0.25) is 15.9 Å². The van der Waals surface area contributed by atoms with Crippen LogP contribution in [0.1, 0.15) is 36.9 Å². The number of nitrogens with one attached hydrogen (secondary N) is 2. The Bertz CT molecular complexity index is 895. The molecule has 126 valence electrons. The van der Waals surface area contributed by atoms with Crippen LogP contribution in [0.3, 0.4) is 0 Å². The van der Waals surface area contributed by atoms with Crippen LogP contribution in [0.5, 0.6) is 0 Å². The van der Waals surface area contributed by atoms with Gasteiger partial charge in [-0.05, 0) is 55.3 Å². The fourth-order valence-electron chi connectivity index (χ4n) is 2.68. The molecule has 0 spiro atoms. The monoisotopic (exact) mass is 408 g/mol. The Morgan fingerprint density at radius 3 is 2.50 bits per heavy atom. The largest absolute Gasteiger partial charge is 0.325 e. The Morgan fingerprint density at radius 1 is 1.17 bits per heavy atom. The van der Waals surface area contributed by atoms with Gasteiger partial charge in [0.05, 0.1) is 10.8 Å². The lowest BCUT2D eigenvalue weighted by molar-refractivity contribution is -0.116. The van der Waals surface area contributed by atoms with E-state index in [1.54, 1.807) is 26.0 Å². The fourth-order valence-corrected chi connectivity index (χ4v) is 4.21. The highest BCUT2D eigenvalue weighted by molar-refractivity contribution is 9.10. The number of carbonyl (C=O) groups excluding carboxylic acids is 1. The van der Waals surface area contributed by atoms with Crippen LogP contribution in [0.2, 0.25) is 0 Å². The molecule has 2 aromatic carbocycles. The Balaban J connectivity index is 1.86. The zero-order valence-electron chi connectivity index (χ0n) is 13.2. The van der Waals surface area contributed by atoms with Gasteiger partial charge < -0.3 is 5.32 Å².